The van der Waals surface area contributed by atoms with Crippen LogP contribution in [0.1, 0.15) is 20.7 Å². The zero-order valence-electron chi connectivity index (χ0n) is 15.1. The molecule has 0 aliphatic heterocycles. The van der Waals surface area contributed by atoms with Crippen LogP contribution < -0.4 is 10.6 Å². The van der Waals surface area contributed by atoms with E-state index in [-0.39, 0.29) is 22.8 Å². The molecule has 2 aromatic heterocycles. The normalized spacial score (nSPS) is 10.9. The van der Waals surface area contributed by atoms with Gasteiger partial charge in [-0.15, -0.1) is 0 Å². The molecule has 4 aromatic rings. The van der Waals surface area contributed by atoms with E-state index in [1.807, 2.05) is 0 Å². The van der Waals surface area contributed by atoms with Crippen LogP contribution in [0.5, 0.6) is 0 Å². The van der Waals surface area contributed by atoms with Crippen molar-refractivity contribution in [2.24, 2.45) is 7.05 Å². The van der Waals surface area contributed by atoms with Crippen molar-refractivity contribution in [2.75, 3.05) is 10.6 Å². The van der Waals surface area contributed by atoms with Gasteiger partial charge < -0.3 is 14.3 Å². The van der Waals surface area contributed by atoms with Gasteiger partial charge in [0.15, 0.2) is 0 Å². The van der Waals surface area contributed by atoms with Crippen molar-refractivity contribution >= 4 is 46.1 Å². The van der Waals surface area contributed by atoms with Crippen LogP contribution in [0.15, 0.2) is 59.4 Å². The largest absolute Gasteiger partial charge is 0.472 e. The van der Waals surface area contributed by atoms with Crippen LogP contribution in [0.25, 0.3) is 11.0 Å². The SMILES string of the molecule is Cn1c(NC(=O)c2ccc(F)cc2NC(=O)c2ccoc2)nc2cc(Cl)ccc21. The van der Waals surface area contributed by atoms with Crippen LogP contribution in [0.4, 0.5) is 16.0 Å². The molecule has 0 saturated heterocycles. The Morgan fingerprint density at radius 3 is 2.69 bits per heavy atom. The summed E-state index contributed by atoms with van der Waals surface area (Å²) in [6.45, 7) is 0. The fourth-order valence-corrected chi connectivity index (χ4v) is 3.03. The maximum absolute atomic E-state index is 13.7. The predicted octanol–water partition coefficient (Wildman–Crippen LogP) is 4.46. The number of hydrogen-bond donors (Lipinski definition) is 2. The fraction of sp³-hybridized carbons (Fsp3) is 0.0500. The lowest BCUT2D eigenvalue weighted by Crippen LogP contribution is -2.19. The topological polar surface area (TPSA) is 89.2 Å². The number of nitrogens with one attached hydrogen (secondary N) is 2. The van der Waals surface area contributed by atoms with Gasteiger partial charge in [-0.3, -0.25) is 14.9 Å². The lowest BCUT2D eigenvalue weighted by atomic mass is 10.1. The van der Waals surface area contributed by atoms with Crippen LogP contribution in [0, 0.1) is 5.82 Å². The number of rotatable bonds is 4. The fourth-order valence-electron chi connectivity index (χ4n) is 2.86. The second-order valence-corrected chi connectivity index (χ2v) is 6.67. The van der Waals surface area contributed by atoms with E-state index < -0.39 is 17.6 Å². The van der Waals surface area contributed by atoms with Gasteiger partial charge in [-0.05, 0) is 42.5 Å². The molecule has 2 heterocycles. The van der Waals surface area contributed by atoms with Crippen molar-refractivity contribution in [3.63, 3.8) is 0 Å². The van der Waals surface area contributed by atoms with Crippen LogP contribution in [-0.4, -0.2) is 21.4 Å². The molecule has 7 nitrogen and oxygen atoms in total. The highest BCUT2D eigenvalue weighted by atomic mass is 35.5. The van der Waals surface area contributed by atoms with Crippen LogP contribution in [0.3, 0.4) is 0 Å². The first kappa shape index (κ1) is 18.7. The molecule has 4 rings (SSSR count). The Balaban J connectivity index is 1.64. The number of imidazole rings is 1. The molecular formula is C20H14ClFN4O3. The standard InChI is InChI=1S/C20H14ClFN4O3/c1-26-17-5-2-12(21)8-16(17)24-20(26)25-19(28)14-4-3-13(22)9-15(14)23-18(27)11-6-7-29-10-11/h2-10H,1H3,(H,23,27)(H,24,25,28). The zero-order chi connectivity index (χ0) is 20.5. The van der Waals surface area contributed by atoms with Crippen LogP contribution in [-0.2, 0) is 7.05 Å². The Morgan fingerprint density at radius 2 is 1.93 bits per heavy atom. The quantitative estimate of drug-likeness (QED) is 0.517. The average molecular weight is 413 g/mol. The summed E-state index contributed by atoms with van der Waals surface area (Å²) < 4.78 is 20.3. The van der Waals surface area contributed by atoms with Gasteiger partial charge in [-0.25, -0.2) is 9.37 Å². The molecule has 29 heavy (non-hydrogen) atoms. The summed E-state index contributed by atoms with van der Waals surface area (Å²) in [5.74, 6) is -1.40. The number of amides is 2. The van der Waals surface area contributed by atoms with E-state index >= 15 is 0 Å². The molecule has 0 atom stereocenters. The molecular weight excluding hydrogens is 399 g/mol. The highest BCUT2D eigenvalue weighted by Crippen LogP contribution is 2.24. The van der Waals surface area contributed by atoms with Gasteiger partial charge in [0.05, 0.1) is 34.1 Å². The van der Waals surface area contributed by atoms with E-state index in [2.05, 4.69) is 15.6 Å². The molecule has 2 N–H and O–H groups in total. The Morgan fingerprint density at radius 1 is 1.10 bits per heavy atom. The first-order valence-electron chi connectivity index (χ1n) is 8.49. The van der Waals surface area contributed by atoms with Crippen LogP contribution >= 0.6 is 11.6 Å². The number of carbonyl (C=O) groups is 2. The first-order chi connectivity index (χ1) is 13.9. The van der Waals surface area contributed by atoms with E-state index in [1.54, 1.807) is 29.8 Å². The molecule has 0 radical (unpaired) electrons. The minimum Gasteiger partial charge on any atom is -0.472 e. The van der Waals surface area contributed by atoms with Gasteiger partial charge in [0.1, 0.15) is 12.1 Å². The highest BCUT2D eigenvalue weighted by molar-refractivity contribution is 6.31. The Labute approximate surface area is 169 Å². The monoisotopic (exact) mass is 412 g/mol. The van der Waals surface area contributed by atoms with E-state index in [0.717, 1.165) is 17.6 Å². The third-order valence-electron chi connectivity index (χ3n) is 4.33. The average Bonchev–Trinajstić information content (AvgIpc) is 3.31. The number of aryl methyl sites for hydroxylation is 1. The van der Waals surface area contributed by atoms with Crippen LogP contribution in [0.2, 0.25) is 5.02 Å². The van der Waals surface area contributed by atoms with Gasteiger partial charge >= 0.3 is 0 Å². The van der Waals surface area contributed by atoms with E-state index in [4.69, 9.17) is 16.0 Å². The Hall–Kier alpha value is -3.65. The number of benzene rings is 2. The smallest absolute Gasteiger partial charge is 0.260 e. The number of fused-ring (bicyclic) bond motifs is 1. The number of anilines is 2. The molecule has 0 aliphatic rings. The second-order valence-electron chi connectivity index (χ2n) is 6.24. The molecule has 0 aliphatic carbocycles. The minimum absolute atomic E-state index is 0.0236. The number of nitrogens with zero attached hydrogens (tertiary/aromatic N) is 2. The maximum atomic E-state index is 13.7. The van der Waals surface area contributed by atoms with Gasteiger partial charge in [0, 0.05) is 12.1 Å². The van der Waals surface area contributed by atoms with Crippen molar-refractivity contribution in [1.29, 1.82) is 0 Å². The summed E-state index contributed by atoms with van der Waals surface area (Å²) in [5.41, 5.74) is 1.73. The van der Waals surface area contributed by atoms with Gasteiger partial charge in [-0.2, -0.15) is 0 Å². The van der Waals surface area contributed by atoms with Crippen molar-refractivity contribution in [3.8, 4) is 0 Å². The molecule has 0 unspecified atom stereocenters. The molecule has 0 fully saturated rings. The molecule has 9 heteroatoms. The zero-order valence-corrected chi connectivity index (χ0v) is 15.8. The summed E-state index contributed by atoms with van der Waals surface area (Å²) in [6.07, 6.45) is 2.59. The number of furan rings is 1. The van der Waals surface area contributed by atoms with Crippen molar-refractivity contribution < 1.29 is 18.4 Å². The van der Waals surface area contributed by atoms with Gasteiger partial charge in [-0.1, -0.05) is 11.6 Å². The first-order valence-corrected chi connectivity index (χ1v) is 8.86. The van der Waals surface area contributed by atoms with Gasteiger partial charge in [0.2, 0.25) is 5.95 Å². The van der Waals surface area contributed by atoms with Crippen molar-refractivity contribution in [2.45, 2.75) is 0 Å². The maximum Gasteiger partial charge on any atom is 0.260 e. The number of aromatic nitrogens is 2. The lowest BCUT2D eigenvalue weighted by molar-refractivity contribution is 0.102. The number of carbonyl (C=O) groups excluding carboxylic acids is 2. The molecule has 0 bridgehead atoms. The molecule has 146 valence electrons. The summed E-state index contributed by atoms with van der Waals surface area (Å²) >= 11 is 5.99. The summed E-state index contributed by atoms with van der Waals surface area (Å²) in [6, 6.07) is 10.1. The summed E-state index contributed by atoms with van der Waals surface area (Å²) in [7, 11) is 1.74. The van der Waals surface area contributed by atoms with E-state index in [0.29, 0.717) is 10.5 Å². The molecule has 2 amide bonds. The third kappa shape index (κ3) is 3.70. The van der Waals surface area contributed by atoms with Gasteiger partial charge in [0.25, 0.3) is 11.8 Å². The third-order valence-corrected chi connectivity index (χ3v) is 4.56. The number of hydrogen-bond acceptors (Lipinski definition) is 4. The predicted molar refractivity (Wildman–Crippen MR) is 107 cm³/mol. The number of halogens is 2. The van der Waals surface area contributed by atoms with Crippen molar-refractivity contribution in [3.05, 3.63) is 77.0 Å². The van der Waals surface area contributed by atoms with Crippen molar-refractivity contribution in [1.82, 2.24) is 9.55 Å². The highest BCUT2D eigenvalue weighted by Gasteiger charge is 2.18. The summed E-state index contributed by atoms with van der Waals surface area (Å²) in [4.78, 5) is 29.5. The molecule has 0 saturated carbocycles. The molecule has 0 spiro atoms. The Bertz CT molecular complexity index is 1230. The lowest BCUT2D eigenvalue weighted by Gasteiger charge is -2.11. The van der Waals surface area contributed by atoms with E-state index in [1.165, 1.54) is 24.7 Å². The molecule has 2 aromatic carbocycles. The van der Waals surface area contributed by atoms with E-state index in [9.17, 15) is 14.0 Å². The minimum atomic E-state index is -0.596. The Kier molecular flexibility index (Phi) is 4.77. The second kappa shape index (κ2) is 7.40. The summed E-state index contributed by atoms with van der Waals surface area (Å²) in [5, 5.41) is 5.73.